The van der Waals surface area contributed by atoms with Crippen LogP contribution in [0.2, 0.25) is 0 Å². The number of hydrogen-bond donors (Lipinski definition) is 0. The summed E-state index contributed by atoms with van der Waals surface area (Å²) in [6.45, 7) is 7.34. The zero-order chi connectivity index (χ0) is 16.6. The maximum absolute atomic E-state index is 13.2. The fourth-order valence-electron chi connectivity index (χ4n) is 3.99. The van der Waals surface area contributed by atoms with Gasteiger partial charge in [-0.15, -0.1) is 0 Å². The van der Waals surface area contributed by atoms with E-state index in [0.29, 0.717) is 17.1 Å². The monoisotopic (exact) mass is 340 g/mol. The van der Waals surface area contributed by atoms with Gasteiger partial charge in [0, 0.05) is 26.2 Å². The first-order valence-electron chi connectivity index (χ1n) is 8.65. The number of likely N-dealkylation sites (tertiary alicyclic amines) is 1. The average molecular weight is 340 g/mol. The van der Waals surface area contributed by atoms with E-state index in [1.807, 2.05) is 6.92 Å². The van der Waals surface area contributed by atoms with E-state index < -0.39 is 10.0 Å². The highest BCUT2D eigenvalue weighted by atomic mass is 32.2. The molecule has 23 heavy (non-hydrogen) atoms. The predicted octanol–water partition coefficient (Wildman–Crippen LogP) is 1.68. The molecule has 2 aliphatic heterocycles. The molecule has 3 heterocycles. The Morgan fingerprint density at radius 1 is 1.09 bits per heavy atom. The highest BCUT2D eigenvalue weighted by Crippen LogP contribution is 2.30. The molecule has 1 aromatic rings. The number of rotatable bonds is 4. The van der Waals surface area contributed by atoms with E-state index in [0.717, 1.165) is 38.2 Å². The molecule has 2 aliphatic rings. The van der Waals surface area contributed by atoms with Crippen LogP contribution in [0.1, 0.15) is 43.5 Å². The van der Waals surface area contributed by atoms with Crippen LogP contribution < -0.4 is 0 Å². The number of aryl methyl sites for hydroxylation is 2. The Morgan fingerprint density at radius 3 is 2.39 bits per heavy atom. The maximum Gasteiger partial charge on any atom is 0.247 e. The third-order valence-corrected chi connectivity index (χ3v) is 7.45. The second-order valence-corrected chi connectivity index (χ2v) is 8.72. The number of hydrogen-bond acceptors (Lipinski definition) is 4. The summed E-state index contributed by atoms with van der Waals surface area (Å²) in [5.74, 6) is 0. The van der Waals surface area contributed by atoms with Gasteiger partial charge in [0.25, 0.3) is 0 Å². The Hall–Kier alpha value is -0.920. The minimum Gasteiger partial charge on any atom is -0.302 e. The average Bonchev–Trinajstić information content (AvgIpc) is 3.06. The molecule has 7 heteroatoms. The number of nitrogens with zero attached hydrogens (tertiary/aromatic N) is 4. The number of sulfonamides is 1. The summed E-state index contributed by atoms with van der Waals surface area (Å²) in [5.41, 5.74) is 1.33. The SMILES string of the molecule is Cc1nn(C)c(C)c1S(=O)(=O)N1CCC[C@@H]1CN1CCCCC1. The second-order valence-electron chi connectivity index (χ2n) is 6.90. The molecule has 6 nitrogen and oxygen atoms in total. The fourth-order valence-corrected chi connectivity index (χ4v) is 6.08. The van der Waals surface area contributed by atoms with Gasteiger partial charge in [-0.05, 0) is 52.6 Å². The van der Waals surface area contributed by atoms with E-state index in [4.69, 9.17) is 0 Å². The van der Waals surface area contributed by atoms with Crippen LogP contribution in [0.3, 0.4) is 0 Å². The van der Waals surface area contributed by atoms with Crippen LogP contribution in [0.25, 0.3) is 0 Å². The molecule has 0 radical (unpaired) electrons. The Labute approximate surface area is 139 Å². The van der Waals surface area contributed by atoms with Crippen molar-refractivity contribution >= 4 is 10.0 Å². The van der Waals surface area contributed by atoms with Crippen LogP contribution in [-0.4, -0.2) is 59.6 Å². The van der Waals surface area contributed by atoms with Crippen molar-refractivity contribution in [2.45, 2.75) is 56.9 Å². The molecule has 0 bridgehead atoms. The van der Waals surface area contributed by atoms with Gasteiger partial charge in [0.05, 0.1) is 11.4 Å². The van der Waals surface area contributed by atoms with Gasteiger partial charge in [0.2, 0.25) is 10.0 Å². The molecule has 1 atom stereocenters. The predicted molar refractivity (Wildman–Crippen MR) is 89.9 cm³/mol. The molecule has 0 unspecified atom stereocenters. The third kappa shape index (κ3) is 3.19. The first kappa shape index (κ1) is 16.9. The van der Waals surface area contributed by atoms with E-state index in [9.17, 15) is 8.42 Å². The molecule has 0 aromatic carbocycles. The quantitative estimate of drug-likeness (QED) is 0.837. The van der Waals surface area contributed by atoms with Gasteiger partial charge in [0.15, 0.2) is 0 Å². The Balaban J connectivity index is 1.83. The normalized spacial score (nSPS) is 24.4. The zero-order valence-corrected chi connectivity index (χ0v) is 15.3. The van der Waals surface area contributed by atoms with Crippen molar-refractivity contribution < 1.29 is 8.42 Å². The minimum atomic E-state index is -3.46. The van der Waals surface area contributed by atoms with Crippen molar-refractivity contribution in [1.29, 1.82) is 0 Å². The largest absolute Gasteiger partial charge is 0.302 e. The molecular formula is C16H28N4O2S. The van der Waals surface area contributed by atoms with Crippen molar-refractivity contribution in [2.75, 3.05) is 26.2 Å². The lowest BCUT2D eigenvalue weighted by Crippen LogP contribution is -2.44. The van der Waals surface area contributed by atoms with Crippen LogP contribution in [-0.2, 0) is 17.1 Å². The van der Waals surface area contributed by atoms with Crippen molar-refractivity contribution in [3.8, 4) is 0 Å². The summed E-state index contributed by atoms with van der Waals surface area (Å²) < 4.78 is 29.8. The summed E-state index contributed by atoms with van der Waals surface area (Å²) in [6.07, 6.45) is 5.70. The van der Waals surface area contributed by atoms with Crippen LogP contribution in [0.15, 0.2) is 4.90 Å². The standard InChI is InChI=1S/C16H28N4O2S/c1-13-16(14(2)18(3)17-13)23(21,22)20-11-7-8-15(20)12-19-9-5-4-6-10-19/h15H,4-12H2,1-3H3/t15-/m1/s1. The smallest absolute Gasteiger partial charge is 0.247 e. The number of piperidine rings is 1. The van der Waals surface area contributed by atoms with Gasteiger partial charge < -0.3 is 4.90 Å². The summed E-state index contributed by atoms with van der Waals surface area (Å²) in [7, 11) is -1.65. The molecule has 3 rings (SSSR count). The summed E-state index contributed by atoms with van der Waals surface area (Å²) in [4.78, 5) is 2.84. The van der Waals surface area contributed by atoms with Crippen molar-refractivity contribution in [2.24, 2.45) is 7.05 Å². The molecular weight excluding hydrogens is 312 g/mol. The van der Waals surface area contributed by atoms with E-state index in [2.05, 4.69) is 10.00 Å². The van der Waals surface area contributed by atoms with Crippen LogP contribution in [0, 0.1) is 13.8 Å². The topological polar surface area (TPSA) is 58.4 Å². The summed E-state index contributed by atoms with van der Waals surface area (Å²) in [5, 5.41) is 4.29. The number of aromatic nitrogens is 2. The molecule has 130 valence electrons. The van der Waals surface area contributed by atoms with Gasteiger partial charge in [-0.3, -0.25) is 4.68 Å². The molecule has 2 saturated heterocycles. The highest BCUT2D eigenvalue weighted by Gasteiger charge is 2.38. The van der Waals surface area contributed by atoms with Crippen molar-refractivity contribution in [1.82, 2.24) is 19.0 Å². The van der Waals surface area contributed by atoms with Gasteiger partial charge in [0.1, 0.15) is 4.90 Å². The summed E-state index contributed by atoms with van der Waals surface area (Å²) in [6, 6.07) is 0.108. The highest BCUT2D eigenvalue weighted by molar-refractivity contribution is 7.89. The van der Waals surface area contributed by atoms with E-state index in [1.54, 1.807) is 23.0 Å². The van der Waals surface area contributed by atoms with E-state index >= 15 is 0 Å². The van der Waals surface area contributed by atoms with E-state index in [-0.39, 0.29) is 6.04 Å². The minimum absolute atomic E-state index is 0.108. The molecule has 0 aliphatic carbocycles. The first-order valence-corrected chi connectivity index (χ1v) is 10.1. The van der Waals surface area contributed by atoms with Gasteiger partial charge in [-0.2, -0.15) is 9.40 Å². The Morgan fingerprint density at radius 2 is 1.78 bits per heavy atom. The lowest BCUT2D eigenvalue weighted by Gasteiger charge is -2.32. The third-order valence-electron chi connectivity index (χ3n) is 5.25. The molecule has 2 fully saturated rings. The molecule has 0 spiro atoms. The maximum atomic E-state index is 13.2. The van der Waals surface area contributed by atoms with Gasteiger partial charge in [-0.1, -0.05) is 6.42 Å². The lowest BCUT2D eigenvalue weighted by atomic mass is 10.1. The van der Waals surface area contributed by atoms with Crippen LogP contribution in [0.5, 0.6) is 0 Å². The van der Waals surface area contributed by atoms with Crippen LogP contribution in [0.4, 0.5) is 0 Å². The Kier molecular flexibility index (Phi) is 4.80. The lowest BCUT2D eigenvalue weighted by molar-refractivity contribution is 0.189. The molecule has 1 aromatic heterocycles. The molecule has 0 N–H and O–H groups in total. The fraction of sp³-hybridized carbons (Fsp3) is 0.812. The van der Waals surface area contributed by atoms with Crippen LogP contribution >= 0.6 is 0 Å². The van der Waals surface area contributed by atoms with Gasteiger partial charge >= 0.3 is 0 Å². The zero-order valence-electron chi connectivity index (χ0n) is 14.5. The van der Waals surface area contributed by atoms with Crippen molar-refractivity contribution in [3.63, 3.8) is 0 Å². The van der Waals surface area contributed by atoms with Gasteiger partial charge in [-0.25, -0.2) is 8.42 Å². The first-order chi connectivity index (χ1) is 10.9. The van der Waals surface area contributed by atoms with E-state index in [1.165, 1.54) is 19.3 Å². The Bertz CT molecular complexity index is 662. The van der Waals surface area contributed by atoms with Crippen molar-refractivity contribution in [3.05, 3.63) is 11.4 Å². The summed E-state index contributed by atoms with van der Waals surface area (Å²) >= 11 is 0. The second kappa shape index (κ2) is 6.53. The molecule has 0 saturated carbocycles. The molecule has 0 amide bonds.